The fourth-order valence-electron chi connectivity index (χ4n) is 7.34. The first kappa shape index (κ1) is 35.9. The van der Waals surface area contributed by atoms with Crippen molar-refractivity contribution in [1.29, 1.82) is 0 Å². The van der Waals surface area contributed by atoms with Gasteiger partial charge in [-0.3, -0.25) is 0 Å². The van der Waals surface area contributed by atoms with Gasteiger partial charge in [-0.25, -0.2) is 0 Å². The number of benzene rings is 5. The van der Waals surface area contributed by atoms with Gasteiger partial charge in [-0.2, -0.15) is 0 Å². The van der Waals surface area contributed by atoms with E-state index < -0.39 is 0 Å². The third kappa shape index (κ3) is 8.28. The standard InChI is InChI=1S/C51H47NS/c1-5-7-19-49-38(4)53-51-35-30-46(36-50(49)51)45-24-22-42(23-25-45)44-28-33-48(34-29-44)52(47-31-26-43(27-32-47)41-17-12-9-13-18-41)37(3)20-21-39(14-6-2)40-15-10-8-11-16-40/h6,8-13,15-18,20-26,28-31,33-36,38,49H,2,5,7,14,19H2,1,3-4H3/b37-20+,39-21+. The number of hydrogen-bond donors (Lipinski definition) is 0. The van der Waals surface area contributed by atoms with Gasteiger partial charge in [0.2, 0.25) is 0 Å². The predicted octanol–water partition coefficient (Wildman–Crippen LogP) is 14.8. The summed E-state index contributed by atoms with van der Waals surface area (Å²) in [6, 6.07) is 57.1. The normalized spacial score (nSPS) is 15.5. The van der Waals surface area contributed by atoms with E-state index in [9.17, 15) is 0 Å². The summed E-state index contributed by atoms with van der Waals surface area (Å²) >= 11 is 2.04. The Balaban J connectivity index is 1.17. The molecule has 0 saturated heterocycles. The summed E-state index contributed by atoms with van der Waals surface area (Å²) in [7, 11) is 0. The second-order valence-electron chi connectivity index (χ2n) is 13.9. The molecule has 0 aromatic heterocycles. The van der Waals surface area contributed by atoms with Crippen LogP contribution in [0.2, 0.25) is 0 Å². The minimum atomic E-state index is 0.650. The van der Waals surface area contributed by atoms with E-state index in [1.165, 1.54) is 57.5 Å². The smallest absolute Gasteiger partial charge is 0.0971 e. The number of anilines is 2. The van der Waals surface area contributed by atoms with Crippen LogP contribution in [0.25, 0.3) is 39.0 Å². The van der Waals surface area contributed by atoms with Crippen molar-refractivity contribution in [3.8, 4) is 33.4 Å². The Morgan fingerprint density at radius 2 is 1.36 bits per heavy atom. The molecule has 0 saturated carbocycles. The van der Waals surface area contributed by atoms with Gasteiger partial charge >= 0.3 is 0 Å². The molecule has 0 amide bonds. The van der Waals surface area contributed by atoms with E-state index in [1.807, 2.05) is 23.9 Å². The predicted molar refractivity (Wildman–Crippen MR) is 230 cm³/mol. The fraction of sp³-hybridized carbons (Fsp3) is 0.176. The van der Waals surface area contributed by atoms with Crippen molar-refractivity contribution in [3.63, 3.8) is 0 Å². The molecule has 0 fully saturated rings. The van der Waals surface area contributed by atoms with E-state index in [0.29, 0.717) is 11.2 Å². The number of unbranched alkanes of at least 4 members (excludes halogenated alkanes) is 1. The molecule has 7 rings (SSSR count). The van der Waals surface area contributed by atoms with Crippen LogP contribution in [0, 0.1) is 12.1 Å². The molecule has 0 aliphatic carbocycles. The van der Waals surface area contributed by atoms with Crippen LogP contribution in [-0.4, -0.2) is 5.25 Å². The van der Waals surface area contributed by atoms with Crippen molar-refractivity contribution in [2.24, 2.45) is 0 Å². The first-order valence-corrected chi connectivity index (χ1v) is 19.7. The summed E-state index contributed by atoms with van der Waals surface area (Å²) in [6.07, 6.45) is 11.0. The average Bonchev–Trinajstić information content (AvgIpc) is 3.53. The zero-order chi connectivity index (χ0) is 36.6. The van der Waals surface area contributed by atoms with Crippen molar-refractivity contribution in [2.75, 3.05) is 4.90 Å². The number of thioether (sulfide) groups is 1. The summed E-state index contributed by atoms with van der Waals surface area (Å²) in [4.78, 5) is 3.72. The lowest BCUT2D eigenvalue weighted by atomic mass is 9.89. The molecule has 0 bridgehead atoms. The molecule has 1 aliphatic heterocycles. The molecule has 2 unspecified atom stereocenters. The molecular formula is C51H47NS. The molecule has 1 aliphatic rings. The highest BCUT2D eigenvalue weighted by Gasteiger charge is 2.29. The number of rotatable bonds is 13. The van der Waals surface area contributed by atoms with Crippen LogP contribution in [0.5, 0.6) is 0 Å². The maximum Gasteiger partial charge on any atom is 0.0971 e. The van der Waals surface area contributed by atoms with Crippen molar-refractivity contribution < 1.29 is 0 Å². The Labute approximate surface area is 321 Å². The fourth-order valence-corrected chi connectivity index (χ4v) is 8.69. The van der Waals surface area contributed by atoms with Crippen molar-refractivity contribution in [2.45, 2.75) is 62.5 Å². The van der Waals surface area contributed by atoms with Gasteiger partial charge in [0.1, 0.15) is 0 Å². The first-order chi connectivity index (χ1) is 26.0. The quantitative estimate of drug-likeness (QED) is 0.0869. The van der Waals surface area contributed by atoms with E-state index in [-0.39, 0.29) is 0 Å². The maximum atomic E-state index is 4.01. The van der Waals surface area contributed by atoms with Crippen LogP contribution in [0.3, 0.4) is 0 Å². The van der Waals surface area contributed by atoms with Gasteiger partial charge in [0.05, 0.1) is 5.69 Å². The molecule has 2 atom stereocenters. The Bertz CT molecular complexity index is 2180. The third-order valence-electron chi connectivity index (χ3n) is 10.3. The lowest BCUT2D eigenvalue weighted by Gasteiger charge is -2.25. The molecule has 0 N–H and O–H groups in total. The van der Waals surface area contributed by atoms with Gasteiger partial charge < -0.3 is 4.90 Å². The van der Waals surface area contributed by atoms with Crippen LogP contribution in [-0.2, 0) is 0 Å². The van der Waals surface area contributed by atoms with E-state index >= 15 is 0 Å². The van der Waals surface area contributed by atoms with E-state index in [2.05, 4.69) is 190 Å². The van der Waals surface area contributed by atoms with E-state index in [4.69, 9.17) is 0 Å². The first-order valence-electron chi connectivity index (χ1n) is 18.9. The average molecular weight is 706 g/mol. The second-order valence-corrected chi connectivity index (χ2v) is 15.3. The molecule has 6 aromatic carbocycles. The summed E-state index contributed by atoms with van der Waals surface area (Å²) in [5.74, 6) is 0.650. The van der Waals surface area contributed by atoms with E-state index in [1.54, 1.807) is 5.56 Å². The largest absolute Gasteiger partial charge is 0.307 e. The van der Waals surface area contributed by atoms with Gasteiger partial charge in [-0.05, 0) is 119 Å². The molecule has 6 aromatic rings. The Morgan fingerprint density at radius 1 is 0.717 bits per heavy atom. The number of nitrogens with zero attached hydrogens (tertiary/aromatic N) is 1. The van der Waals surface area contributed by atoms with Crippen molar-refractivity contribution in [3.05, 3.63) is 193 Å². The molecular weight excluding hydrogens is 659 g/mol. The van der Waals surface area contributed by atoms with Gasteiger partial charge in [-0.1, -0.05) is 148 Å². The topological polar surface area (TPSA) is 3.24 Å². The summed E-state index contributed by atoms with van der Waals surface area (Å²) in [5.41, 5.74) is 14.2. The molecule has 2 heteroatoms. The van der Waals surface area contributed by atoms with Gasteiger partial charge in [-0.15, -0.1) is 18.3 Å². The summed E-state index contributed by atoms with van der Waals surface area (Å²) in [5, 5.41) is 0.650. The highest BCUT2D eigenvalue weighted by atomic mass is 32.2. The highest BCUT2D eigenvalue weighted by Crippen LogP contribution is 2.48. The molecule has 1 heterocycles. The van der Waals surface area contributed by atoms with Gasteiger partial charge in [0, 0.05) is 27.1 Å². The lowest BCUT2D eigenvalue weighted by molar-refractivity contribution is 0.584. The lowest BCUT2D eigenvalue weighted by Crippen LogP contribution is -2.14. The Morgan fingerprint density at radius 3 is 2.00 bits per heavy atom. The zero-order valence-electron chi connectivity index (χ0n) is 31.1. The van der Waals surface area contributed by atoms with Crippen LogP contribution < -0.4 is 4.90 Å². The van der Waals surface area contributed by atoms with Gasteiger partial charge in [0.25, 0.3) is 0 Å². The Kier molecular flexibility index (Phi) is 11.4. The molecule has 1 nitrogen and oxygen atoms in total. The van der Waals surface area contributed by atoms with Crippen LogP contribution in [0.15, 0.2) is 175 Å². The number of allylic oxidation sites excluding steroid dienone is 5. The molecule has 0 spiro atoms. The molecule has 0 radical (unpaired) electrons. The third-order valence-corrected chi connectivity index (χ3v) is 11.6. The SMILES string of the molecule is C=CC/C(=C\C=C(/C)N(c1c#cc(-c2ccccc2)cc1)c1ccc(-c2ccc(-c3ccc4c(c3)C(CCCC)C(C)S4)cc2)cc1)c1ccccc1. The number of hydrogen-bond acceptors (Lipinski definition) is 2. The van der Waals surface area contributed by atoms with Crippen molar-refractivity contribution >= 4 is 28.7 Å². The van der Waals surface area contributed by atoms with Crippen molar-refractivity contribution in [1.82, 2.24) is 0 Å². The highest BCUT2D eigenvalue weighted by molar-refractivity contribution is 8.00. The van der Waals surface area contributed by atoms with Crippen LogP contribution >= 0.6 is 11.8 Å². The second kappa shape index (κ2) is 16.9. The number of fused-ring (bicyclic) bond motifs is 1. The van der Waals surface area contributed by atoms with Crippen LogP contribution in [0.1, 0.15) is 63.5 Å². The summed E-state index contributed by atoms with van der Waals surface area (Å²) in [6.45, 7) is 10.9. The minimum absolute atomic E-state index is 0.650. The zero-order valence-corrected chi connectivity index (χ0v) is 31.9. The minimum Gasteiger partial charge on any atom is -0.307 e. The Hall–Kier alpha value is -5.49. The molecule has 53 heavy (non-hydrogen) atoms. The molecule has 262 valence electrons. The van der Waals surface area contributed by atoms with Gasteiger partial charge in [0.15, 0.2) is 0 Å². The summed E-state index contributed by atoms with van der Waals surface area (Å²) < 4.78 is 0. The van der Waals surface area contributed by atoms with Crippen LogP contribution in [0.4, 0.5) is 11.4 Å². The monoisotopic (exact) mass is 705 g/mol. The van der Waals surface area contributed by atoms with E-state index in [0.717, 1.165) is 34.6 Å². The maximum absolute atomic E-state index is 4.01.